The van der Waals surface area contributed by atoms with Crippen LogP contribution < -0.4 is 10.2 Å². The third kappa shape index (κ3) is 63.5. The first-order valence-electron chi connectivity index (χ1n) is 34.3. The number of nitrogens with zero attached hydrogens (tertiary/aromatic N) is 1. The van der Waals surface area contributed by atoms with E-state index in [1.54, 1.807) is 6.08 Å². The Morgan fingerprint density at radius 1 is 0.450 bits per heavy atom. The first-order valence-corrected chi connectivity index (χ1v) is 35.8. The molecule has 0 rings (SSSR count). The number of carbonyl (C=O) groups is 1. The third-order valence-electron chi connectivity index (χ3n) is 15.4. The zero-order valence-corrected chi connectivity index (χ0v) is 54.4. The number of rotatable bonds is 63. The van der Waals surface area contributed by atoms with Crippen molar-refractivity contribution in [2.45, 2.75) is 334 Å². The molecule has 9 heteroatoms. The molecule has 0 radical (unpaired) electrons. The number of quaternary nitrogens is 1. The molecule has 0 aromatic heterocycles. The quantitative estimate of drug-likeness (QED) is 0.0272. The Balaban J connectivity index is 4.09. The fourth-order valence-corrected chi connectivity index (χ4v) is 10.8. The molecule has 3 atom stereocenters. The molecule has 1 amide bonds. The predicted octanol–water partition coefficient (Wildman–Crippen LogP) is 21.1. The smallest absolute Gasteiger partial charge is 0.268 e. The summed E-state index contributed by atoms with van der Waals surface area (Å²) in [5, 5.41) is 14.0. The van der Waals surface area contributed by atoms with Gasteiger partial charge >= 0.3 is 0 Å². The van der Waals surface area contributed by atoms with Gasteiger partial charge in [0.25, 0.3) is 7.82 Å². The fourth-order valence-electron chi connectivity index (χ4n) is 10.1. The lowest BCUT2D eigenvalue weighted by Gasteiger charge is -2.29. The van der Waals surface area contributed by atoms with E-state index in [9.17, 15) is 19.4 Å². The van der Waals surface area contributed by atoms with Crippen molar-refractivity contribution in [3.05, 3.63) is 72.9 Å². The molecule has 0 fully saturated rings. The molecule has 0 heterocycles. The van der Waals surface area contributed by atoms with Crippen molar-refractivity contribution in [3.63, 3.8) is 0 Å². The number of phosphoric ester groups is 1. The van der Waals surface area contributed by atoms with E-state index in [1.165, 1.54) is 231 Å². The van der Waals surface area contributed by atoms with E-state index in [1.807, 2.05) is 27.2 Å². The Hall–Kier alpha value is -2.06. The lowest BCUT2D eigenvalue weighted by atomic mass is 10.0. The molecule has 3 unspecified atom stereocenters. The molecule has 80 heavy (non-hydrogen) atoms. The number of aliphatic hydroxyl groups is 1. The summed E-state index contributed by atoms with van der Waals surface area (Å²) in [6.45, 7) is 4.57. The van der Waals surface area contributed by atoms with Gasteiger partial charge in [-0.3, -0.25) is 9.36 Å². The number of amides is 1. The van der Waals surface area contributed by atoms with Crippen LogP contribution in [0.2, 0.25) is 0 Å². The second kappa shape index (κ2) is 61.5. The van der Waals surface area contributed by atoms with Crippen molar-refractivity contribution >= 4 is 13.7 Å². The molecule has 0 aliphatic rings. The summed E-state index contributed by atoms with van der Waals surface area (Å²) in [6.07, 6.45) is 85.9. The van der Waals surface area contributed by atoms with E-state index >= 15 is 0 Å². The number of phosphoric acid groups is 1. The Kier molecular flexibility index (Phi) is 59.9. The Morgan fingerprint density at radius 2 is 0.762 bits per heavy atom. The van der Waals surface area contributed by atoms with Gasteiger partial charge in [0.1, 0.15) is 13.2 Å². The van der Waals surface area contributed by atoms with E-state index in [2.05, 4.69) is 79.9 Å². The number of unbranched alkanes of at least 4 members (excludes halogenated alkanes) is 40. The van der Waals surface area contributed by atoms with Crippen LogP contribution >= 0.6 is 7.82 Å². The summed E-state index contributed by atoms with van der Waals surface area (Å²) >= 11 is 0. The molecule has 0 aliphatic heterocycles. The molecule has 0 spiro atoms. The lowest BCUT2D eigenvalue weighted by Crippen LogP contribution is -2.45. The normalized spacial score (nSPS) is 14.1. The fraction of sp³-hybridized carbons (Fsp3) is 0.817. The van der Waals surface area contributed by atoms with Crippen molar-refractivity contribution < 1.29 is 32.9 Å². The monoisotopic (exact) mass is 1140 g/mol. The molecular formula is C71H133N2O6P. The highest BCUT2D eigenvalue weighted by molar-refractivity contribution is 7.45. The van der Waals surface area contributed by atoms with Crippen LogP contribution in [0, 0.1) is 0 Å². The van der Waals surface area contributed by atoms with Gasteiger partial charge in [0.2, 0.25) is 5.91 Å². The molecule has 0 aromatic rings. The molecule has 0 saturated carbocycles. The van der Waals surface area contributed by atoms with Crippen LogP contribution in [0.4, 0.5) is 0 Å². The molecule has 2 N–H and O–H groups in total. The standard InChI is InChI=1S/C71H133N2O6P/c1-6-8-10-12-14-16-18-20-22-24-26-28-30-32-34-35-36-37-39-40-42-44-46-48-50-52-54-56-58-60-62-64-70(74)69(68-79-80(76,77)78-67-66-73(3,4)5)72-71(75)65-63-61-59-57-55-53-51-49-47-45-43-41-38-33-31-29-27-25-23-21-19-17-15-13-11-9-7-2/h9,11,15,17,21,23,27,29,33,38,62,64,69-70,74H,6-8,10,12-14,16,18-20,22,24-26,28,30-32,34-37,39-61,63,65-68H2,1-5H3,(H-,72,75,76,77)/b11-9-,17-15-,23-21-,29-27-,38-33-,64-62+. The van der Waals surface area contributed by atoms with Gasteiger partial charge in [0.15, 0.2) is 0 Å². The van der Waals surface area contributed by atoms with Gasteiger partial charge in [0.05, 0.1) is 39.9 Å². The molecule has 0 aromatic carbocycles. The summed E-state index contributed by atoms with van der Waals surface area (Å²) in [4.78, 5) is 25.6. The van der Waals surface area contributed by atoms with Crippen LogP contribution in [-0.4, -0.2) is 68.5 Å². The average molecular weight is 1140 g/mol. The number of aliphatic hydroxyl groups excluding tert-OH is 1. The van der Waals surface area contributed by atoms with Crippen LogP contribution in [0.5, 0.6) is 0 Å². The van der Waals surface area contributed by atoms with Crippen LogP contribution in [0.3, 0.4) is 0 Å². The highest BCUT2D eigenvalue weighted by Gasteiger charge is 2.23. The zero-order valence-electron chi connectivity index (χ0n) is 53.5. The number of carbonyl (C=O) groups excluding carboxylic acids is 1. The molecule has 0 saturated heterocycles. The summed E-state index contributed by atoms with van der Waals surface area (Å²) in [7, 11) is 1.26. The maximum Gasteiger partial charge on any atom is 0.268 e. The van der Waals surface area contributed by atoms with Crippen LogP contribution in [0.15, 0.2) is 72.9 Å². The summed E-state index contributed by atoms with van der Waals surface area (Å²) in [5.41, 5.74) is 0. The number of hydrogen-bond donors (Lipinski definition) is 2. The van der Waals surface area contributed by atoms with E-state index in [0.717, 1.165) is 70.6 Å². The van der Waals surface area contributed by atoms with Crippen molar-refractivity contribution in [1.29, 1.82) is 0 Å². The topological polar surface area (TPSA) is 108 Å². The lowest BCUT2D eigenvalue weighted by molar-refractivity contribution is -0.870. The first-order chi connectivity index (χ1) is 39.0. The van der Waals surface area contributed by atoms with Gasteiger partial charge in [-0.15, -0.1) is 0 Å². The van der Waals surface area contributed by atoms with E-state index < -0.39 is 20.0 Å². The van der Waals surface area contributed by atoms with Gasteiger partial charge in [-0.05, 0) is 64.2 Å². The summed E-state index contributed by atoms with van der Waals surface area (Å²) in [5.74, 6) is -0.199. The highest BCUT2D eigenvalue weighted by Crippen LogP contribution is 2.38. The van der Waals surface area contributed by atoms with Crippen molar-refractivity contribution in [2.24, 2.45) is 0 Å². The molecule has 8 nitrogen and oxygen atoms in total. The average Bonchev–Trinajstić information content (AvgIpc) is 3.42. The Bertz CT molecular complexity index is 1530. The Morgan fingerprint density at radius 3 is 1.11 bits per heavy atom. The maximum absolute atomic E-state index is 13.0. The first kappa shape index (κ1) is 77.9. The van der Waals surface area contributed by atoms with Gasteiger partial charge in [-0.1, -0.05) is 324 Å². The van der Waals surface area contributed by atoms with Crippen LogP contribution in [0.25, 0.3) is 0 Å². The van der Waals surface area contributed by atoms with Gasteiger partial charge in [-0.2, -0.15) is 0 Å². The second-order valence-electron chi connectivity index (χ2n) is 24.5. The highest BCUT2D eigenvalue weighted by atomic mass is 31.2. The minimum Gasteiger partial charge on any atom is -0.756 e. The predicted molar refractivity (Wildman–Crippen MR) is 348 cm³/mol. The molecule has 0 bridgehead atoms. The largest absolute Gasteiger partial charge is 0.756 e. The van der Waals surface area contributed by atoms with Gasteiger partial charge in [0, 0.05) is 6.42 Å². The van der Waals surface area contributed by atoms with Crippen molar-refractivity contribution in [3.8, 4) is 0 Å². The van der Waals surface area contributed by atoms with E-state index in [-0.39, 0.29) is 19.1 Å². The van der Waals surface area contributed by atoms with E-state index in [4.69, 9.17) is 9.05 Å². The van der Waals surface area contributed by atoms with E-state index in [0.29, 0.717) is 17.4 Å². The summed E-state index contributed by atoms with van der Waals surface area (Å²) in [6, 6.07) is -0.894. The van der Waals surface area contributed by atoms with Crippen molar-refractivity contribution in [2.75, 3.05) is 40.9 Å². The van der Waals surface area contributed by atoms with Crippen molar-refractivity contribution in [1.82, 2.24) is 5.32 Å². The zero-order chi connectivity index (χ0) is 58.4. The Labute approximate surface area is 497 Å². The van der Waals surface area contributed by atoms with Crippen LogP contribution in [0.1, 0.15) is 322 Å². The summed E-state index contributed by atoms with van der Waals surface area (Å²) < 4.78 is 23.5. The van der Waals surface area contributed by atoms with Crippen LogP contribution in [-0.2, 0) is 18.4 Å². The number of nitrogens with one attached hydrogen (secondary N) is 1. The minimum atomic E-state index is -4.61. The SMILES string of the molecule is CC/C=C\C/C=C\C/C=C\C/C=C\C/C=C\CCCCCCCCCCCCCC(=O)NC(COP(=O)([O-])OCC[N+](C)(C)C)C(O)/C=C/CCCCCCCCCCCCCCCCCCCCCCCCCCCCCCC. The molecular weight excluding hydrogens is 1010 g/mol. The molecule has 0 aliphatic carbocycles. The number of allylic oxidation sites excluding steroid dienone is 11. The minimum absolute atomic E-state index is 0.00355. The van der Waals surface area contributed by atoms with Gasteiger partial charge < -0.3 is 28.8 Å². The molecule has 468 valence electrons. The number of likely N-dealkylation sites (N-methyl/N-ethyl adjacent to an activating group) is 1. The second-order valence-corrected chi connectivity index (χ2v) is 25.9. The van der Waals surface area contributed by atoms with Gasteiger partial charge in [-0.25, -0.2) is 0 Å². The maximum atomic E-state index is 13.0. The third-order valence-corrected chi connectivity index (χ3v) is 16.4. The number of hydrogen-bond acceptors (Lipinski definition) is 6.